The van der Waals surface area contributed by atoms with E-state index in [0.717, 1.165) is 0 Å². The maximum atomic E-state index is 12.0. The lowest BCUT2D eigenvalue weighted by atomic mass is 10.2. The van der Waals surface area contributed by atoms with Crippen molar-refractivity contribution in [2.24, 2.45) is 0 Å². The molecule has 1 aromatic heterocycles. The Balaban J connectivity index is 1.59. The molecule has 0 saturated carbocycles. The number of carbonyl (C=O) groups excluding carboxylic acids is 2. The molecule has 2 aromatic carbocycles. The van der Waals surface area contributed by atoms with Gasteiger partial charge in [-0.1, -0.05) is 6.07 Å². The average Bonchev–Trinajstić information content (AvgIpc) is 3.07. The minimum Gasteiger partial charge on any atom is -0.478 e. The van der Waals surface area contributed by atoms with Crippen LogP contribution in [0.4, 0.5) is 5.69 Å². The minimum atomic E-state index is -1.10. The SMILES string of the molecule is O=C(COC(=O)c1ccc2nc[nH]c2c1)Nc1cccc(C(=O)O)c1. The Bertz CT molecular complexity index is 964. The Morgan fingerprint density at radius 2 is 1.96 bits per heavy atom. The number of esters is 1. The lowest BCUT2D eigenvalue weighted by Gasteiger charge is -2.07. The van der Waals surface area contributed by atoms with E-state index in [1.165, 1.54) is 24.5 Å². The highest BCUT2D eigenvalue weighted by atomic mass is 16.5. The monoisotopic (exact) mass is 339 g/mol. The second-order valence-corrected chi connectivity index (χ2v) is 5.14. The molecule has 0 radical (unpaired) electrons. The van der Waals surface area contributed by atoms with Crippen molar-refractivity contribution in [3.63, 3.8) is 0 Å². The van der Waals surface area contributed by atoms with Crippen molar-refractivity contribution in [1.82, 2.24) is 9.97 Å². The van der Waals surface area contributed by atoms with E-state index < -0.39 is 24.5 Å². The van der Waals surface area contributed by atoms with E-state index >= 15 is 0 Å². The van der Waals surface area contributed by atoms with Gasteiger partial charge >= 0.3 is 11.9 Å². The smallest absolute Gasteiger partial charge is 0.338 e. The molecule has 1 heterocycles. The number of benzene rings is 2. The topological polar surface area (TPSA) is 121 Å². The Hall–Kier alpha value is -3.68. The number of rotatable bonds is 5. The van der Waals surface area contributed by atoms with E-state index in [2.05, 4.69) is 15.3 Å². The summed E-state index contributed by atoms with van der Waals surface area (Å²) in [4.78, 5) is 41.7. The second kappa shape index (κ2) is 6.83. The van der Waals surface area contributed by atoms with E-state index in [4.69, 9.17) is 9.84 Å². The van der Waals surface area contributed by atoms with Gasteiger partial charge in [-0.2, -0.15) is 0 Å². The summed E-state index contributed by atoms with van der Waals surface area (Å²) in [5, 5.41) is 11.4. The van der Waals surface area contributed by atoms with Gasteiger partial charge in [-0.25, -0.2) is 14.6 Å². The molecule has 126 valence electrons. The molecule has 0 aliphatic carbocycles. The van der Waals surface area contributed by atoms with Crippen LogP contribution in [0.2, 0.25) is 0 Å². The fourth-order valence-corrected chi connectivity index (χ4v) is 2.20. The van der Waals surface area contributed by atoms with Gasteiger partial charge in [-0.05, 0) is 36.4 Å². The molecule has 8 nitrogen and oxygen atoms in total. The minimum absolute atomic E-state index is 0.0441. The van der Waals surface area contributed by atoms with Crippen molar-refractivity contribution in [3.05, 3.63) is 59.9 Å². The average molecular weight is 339 g/mol. The fourth-order valence-electron chi connectivity index (χ4n) is 2.20. The molecule has 8 heteroatoms. The highest BCUT2D eigenvalue weighted by molar-refractivity contribution is 5.97. The number of fused-ring (bicyclic) bond motifs is 1. The van der Waals surface area contributed by atoms with E-state index in [1.54, 1.807) is 24.3 Å². The van der Waals surface area contributed by atoms with E-state index in [-0.39, 0.29) is 11.1 Å². The zero-order chi connectivity index (χ0) is 17.8. The molecule has 3 aromatic rings. The van der Waals surface area contributed by atoms with Crippen molar-refractivity contribution >= 4 is 34.6 Å². The number of carboxylic acids is 1. The summed E-state index contributed by atoms with van der Waals surface area (Å²) in [7, 11) is 0. The van der Waals surface area contributed by atoms with Crippen LogP contribution in [-0.2, 0) is 9.53 Å². The van der Waals surface area contributed by atoms with Crippen molar-refractivity contribution in [2.45, 2.75) is 0 Å². The summed E-state index contributed by atoms with van der Waals surface area (Å²) in [6.45, 7) is -0.489. The molecular weight excluding hydrogens is 326 g/mol. The second-order valence-electron chi connectivity index (χ2n) is 5.14. The van der Waals surface area contributed by atoms with E-state index in [1.807, 2.05) is 0 Å². The van der Waals surface area contributed by atoms with Crippen molar-refractivity contribution < 1.29 is 24.2 Å². The normalized spacial score (nSPS) is 10.4. The largest absolute Gasteiger partial charge is 0.478 e. The molecule has 0 aliphatic rings. The third kappa shape index (κ3) is 3.81. The van der Waals surface area contributed by atoms with Crippen LogP contribution < -0.4 is 5.32 Å². The Morgan fingerprint density at radius 1 is 1.12 bits per heavy atom. The molecular formula is C17H13N3O5. The van der Waals surface area contributed by atoms with Crippen LogP contribution in [0, 0.1) is 0 Å². The Morgan fingerprint density at radius 3 is 2.76 bits per heavy atom. The molecule has 25 heavy (non-hydrogen) atoms. The van der Waals surface area contributed by atoms with Crippen LogP contribution in [0.5, 0.6) is 0 Å². The summed E-state index contributed by atoms with van der Waals surface area (Å²) in [5.74, 6) is -2.32. The predicted molar refractivity (Wildman–Crippen MR) is 88.4 cm³/mol. The first-order chi connectivity index (χ1) is 12.0. The molecule has 0 fully saturated rings. The molecule has 0 saturated heterocycles. The highest BCUT2D eigenvalue weighted by Gasteiger charge is 2.12. The van der Waals surface area contributed by atoms with Gasteiger partial charge in [0.15, 0.2) is 6.61 Å². The Kier molecular flexibility index (Phi) is 4.42. The number of anilines is 1. The molecule has 0 atom stereocenters. The first-order valence-corrected chi connectivity index (χ1v) is 7.26. The number of nitrogens with zero attached hydrogens (tertiary/aromatic N) is 1. The number of H-pyrrole nitrogens is 1. The number of hydrogen-bond donors (Lipinski definition) is 3. The van der Waals surface area contributed by atoms with Crippen LogP contribution in [0.25, 0.3) is 11.0 Å². The number of carbonyl (C=O) groups is 3. The van der Waals surface area contributed by atoms with Gasteiger partial charge < -0.3 is 20.1 Å². The van der Waals surface area contributed by atoms with Gasteiger partial charge in [0.1, 0.15) is 0 Å². The van der Waals surface area contributed by atoms with Gasteiger partial charge in [0.2, 0.25) is 0 Å². The number of ether oxygens (including phenoxy) is 1. The quantitative estimate of drug-likeness (QED) is 0.612. The van der Waals surface area contributed by atoms with Crippen molar-refractivity contribution in [3.8, 4) is 0 Å². The number of imidazole rings is 1. The van der Waals surface area contributed by atoms with Crippen LogP contribution in [-0.4, -0.2) is 39.5 Å². The molecule has 0 aliphatic heterocycles. The third-order valence-corrected chi connectivity index (χ3v) is 3.38. The number of aromatic nitrogens is 2. The van der Waals surface area contributed by atoms with Crippen molar-refractivity contribution in [1.29, 1.82) is 0 Å². The number of amides is 1. The number of carboxylic acid groups (broad SMARTS) is 1. The number of nitrogens with one attached hydrogen (secondary N) is 2. The summed E-state index contributed by atoms with van der Waals surface area (Å²) in [6.07, 6.45) is 1.51. The van der Waals surface area contributed by atoms with Gasteiger partial charge in [-0.3, -0.25) is 4.79 Å². The molecule has 0 spiro atoms. The number of hydrogen-bond acceptors (Lipinski definition) is 5. The number of aromatic carboxylic acids is 1. The maximum absolute atomic E-state index is 12.0. The van der Waals surface area contributed by atoms with Crippen LogP contribution in [0.15, 0.2) is 48.8 Å². The summed E-state index contributed by atoms with van der Waals surface area (Å²) in [5.41, 5.74) is 2.04. The lowest BCUT2D eigenvalue weighted by molar-refractivity contribution is -0.119. The third-order valence-electron chi connectivity index (χ3n) is 3.38. The summed E-state index contributed by atoms with van der Waals surface area (Å²) in [6, 6.07) is 10.6. The molecule has 3 N–H and O–H groups in total. The fraction of sp³-hybridized carbons (Fsp3) is 0.0588. The Labute approximate surface area is 141 Å². The van der Waals surface area contributed by atoms with E-state index in [9.17, 15) is 14.4 Å². The summed E-state index contributed by atoms with van der Waals surface area (Å²) < 4.78 is 4.96. The van der Waals surface area contributed by atoms with Gasteiger partial charge in [-0.15, -0.1) is 0 Å². The van der Waals surface area contributed by atoms with Gasteiger partial charge in [0.05, 0.1) is 28.5 Å². The maximum Gasteiger partial charge on any atom is 0.338 e. The number of aromatic amines is 1. The molecule has 3 rings (SSSR count). The first-order valence-electron chi connectivity index (χ1n) is 7.26. The zero-order valence-electron chi connectivity index (χ0n) is 12.9. The molecule has 0 bridgehead atoms. The summed E-state index contributed by atoms with van der Waals surface area (Å²) >= 11 is 0. The van der Waals surface area contributed by atoms with Gasteiger partial charge in [0, 0.05) is 5.69 Å². The van der Waals surface area contributed by atoms with Crippen LogP contribution in [0.1, 0.15) is 20.7 Å². The standard InChI is InChI=1S/C17H13N3O5/c21-15(20-12-3-1-2-10(6-12)16(22)23)8-25-17(24)11-4-5-13-14(7-11)19-9-18-13/h1-7,9H,8H2,(H,18,19)(H,20,21)(H,22,23). The van der Waals surface area contributed by atoms with Crippen LogP contribution in [0.3, 0.4) is 0 Å². The zero-order valence-corrected chi connectivity index (χ0v) is 12.9. The van der Waals surface area contributed by atoms with Crippen LogP contribution >= 0.6 is 0 Å². The molecule has 1 amide bonds. The lowest BCUT2D eigenvalue weighted by Crippen LogP contribution is -2.21. The highest BCUT2D eigenvalue weighted by Crippen LogP contribution is 2.13. The van der Waals surface area contributed by atoms with Crippen molar-refractivity contribution in [2.75, 3.05) is 11.9 Å². The molecule has 0 unspecified atom stereocenters. The van der Waals surface area contributed by atoms with Gasteiger partial charge in [0.25, 0.3) is 5.91 Å². The predicted octanol–water partition coefficient (Wildman–Crippen LogP) is 2.06. The first kappa shape index (κ1) is 16.2. The van der Waals surface area contributed by atoms with E-state index in [0.29, 0.717) is 16.7 Å².